The SMILES string of the molecule is CC(CCNC(C)(C)C)C1CCOC2(CCC2)C1. The molecular formula is C16H31NO. The van der Waals surface area contributed by atoms with E-state index in [1.54, 1.807) is 0 Å². The Labute approximate surface area is 113 Å². The van der Waals surface area contributed by atoms with Crippen molar-refractivity contribution in [1.29, 1.82) is 0 Å². The Kier molecular flexibility index (Phi) is 4.38. The summed E-state index contributed by atoms with van der Waals surface area (Å²) in [4.78, 5) is 0. The van der Waals surface area contributed by atoms with Crippen molar-refractivity contribution in [2.45, 2.75) is 77.4 Å². The third kappa shape index (κ3) is 3.71. The van der Waals surface area contributed by atoms with Crippen molar-refractivity contribution in [3.05, 3.63) is 0 Å². The summed E-state index contributed by atoms with van der Waals surface area (Å²) in [6.07, 6.45) is 7.92. The fourth-order valence-electron chi connectivity index (χ4n) is 3.38. The van der Waals surface area contributed by atoms with Crippen LogP contribution in [0.3, 0.4) is 0 Å². The molecule has 2 heteroatoms. The molecule has 2 atom stereocenters. The first kappa shape index (κ1) is 14.3. The maximum atomic E-state index is 6.02. The van der Waals surface area contributed by atoms with E-state index >= 15 is 0 Å². The van der Waals surface area contributed by atoms with E-state index in [4.69, 9.17) is 4.74 Å². The molecular weight excluding hydrogens is 222 g/mol. The van der Waals surface area contributed by atoms with E-state index in [1.165, 1.54) is 38.5 Å². The summed E-state index contributed by atoms with van der Waals surface area (Å²) in [5.74, 6) is 1.72. The molecule has 2 nitrogen and oxygen atoms in total. The monoisotopic (exact) mass is 253 g/mol. The quantitative estimate of drug-likeness (QED) is 0.824. The molecule has 1 saturated carbocycles. The molecule has 1 N–H and O–H groups in total. The van der Waals surface area contributed by atoms with Gasteiger partial charge in [-0.1, -0.05) is 6.92 Å². The second-order valence-corrected chi connectivity index (χ2v) is 7.58. The Balaban J connectivity index is 1.73. The molecule has 2 rings (SSSR count). The van der Waals surface area contributed by atoms with Gasteiger partial charge in [-0.25, -0.2) is 0 Å². The summed E-state index contributed by atoms with van der Waals surface area (Å²) in [7, 11) is 0. The minimum Gasteiger partial charge on any atom is -0.375 e. The maximum absolute atomic E-state index is 6.02. The number of hydrogen-bond donors (Lipinski definition) is 1. The molecule has 1 aliphatic heterocycles. The van der Waals surface area contributed by atoms with Crippen LogP contribution in [0.15, 0.2) is 0 Å². The molecule has 0 aromatic rings. The van der Waals surface area contributed by atoms with Gasteiger partial charge in [0.25, 0.3) is 0 Å². The molecule has 106 valence electrons. The van der Waals surface area contributed by atoms with Gasteiger partial charge in [-0.3, -0.25) is 0 Å². The van der Waals surface area contributed by atoms with Crippen molar-refractivity contribution in [2.24, 2.45) is 11.8 Å². The van der Waals surface area contributed by atoms with E-state index in [0.29, 0.717) is 5.60 Å². The van der Waals surface area contributed by atoms with Crippen molar-refractivity contribution in [3.63, 3.8) is 0 Å². The smallest absolute Gasteiger partial charge is 0.0685 e. The van der Waals surface area contributed by atoms with Crippen LogP contribution < -0.4 is 5.32 Å². The summed E-state index contributed by atoms with van der Waals surface area (Å²) < 4.78 is 6.02. The van der Waals surface area contributed by atoms with Gasteiger partial charge in [0.15, 0.2) is 0 Å². The van der Waals surface area contributed by atoms with E-state index in [1.807, 2.05) is 0 Å². The minimum absolute atomic E-state index is 0.255. The lowest BCUT2D eigenvalue weighted by Gasteiger charge is -2.48. The molecule has 2 aliphatic rings. The molecule has 1 aliphatic carbocycles. The Hall–Kier alpha value is -0.0800. The molecule has 2 unspecified atom stereocenters. The van der Waals surface area contributed by atoms with Crippen molar-refractivity contribution in [1.82, 2.24) is 5.32 Å². The van der Waals surface area contributed by atoms with E-state index < -0.39 is 0 Å². The Morgan fingerprint density at radius 1 is 1.33 bits per heavy atom. The predicted molar refractivity (Wildman–Crippen MR) is 76.8 cm³/mol. The standard InChI is InChI=1S/C16H31NO/c1-13(6-10-17-15(2,3)4)14-7-11-18-16(12-14)8-5-9-16/h13-14,17H,5-12H2,1-4H3. The highest BCUT2D eigenvalue weighted by Gasteiger charge is 2.43. The van der Waals surface area contributed by atoms with Gasteiger partial charge in [-0.15, -0.1) is 0 Å². The van der Waals surface area contributed by atoms with Gasteiger partial charge < -0.3 is 10.1 Å². The van der Waals surface area contributed by atoms with Gasteiger partial charge in [0, 0.05) is 12.1 Å². The summed E-state index contributed by atoms with van der Waals surface area (Å²) in [5.41, 5.74) is 0.569. The van der Waals surface area contributed by atoms with Gasteiger partial charge in [0.05, 0.1) is 5.60 Å². The van der Waals surface area contributed by atoms with E-state index in [0.717, 1.165) is 25.0 Å². The van der Waals surface area contributed by atoms with Crippen LogP contribution in [0.1, 0.15) is 66.2 Å². The zero-order valence-corrected chi connectivity index (χ0v) is 12.7. The van der Waals surface area contributed by atoms with Crippen molar-refractivity contribution in [3.8, 4) is 0 Å². The lowest BCUT2D eigenvalue weighted by Crippen LogP contribution is -2.47. The largest absolute Gasteiger partial charge is 0.375 e. The molecule has 0 radical (unpaired) electrons. The van der Waals surface area contributed by atoms with E-state index in [-0.39, 0.29) is 5.54 Å². The molecule has 1 spiro atoms. The van der Waals surface area contributed by atoms with Crippen LogP contribution in [0.4, 0.5) is 0 Å². The minimum atomic E-state index is 0.255. The number of nitrogens with one attached hydrogen (secondary N) is 1. The highest BCUT2D eigenvalue weighted by atomic mass is 16.5. The summed E-state index contributed by atoms with van der Waals surface area (Å²) in [6.45, 7) is 11.3. The second-order valence-electron chi connectivity index (χ2n) is 7.58. The number of ether oxygens (including phenoxy) is 1. The maximum Gasteiger partial charge on any atom is 0.0685 e. The molecule has 0 amide bonds. The van der Waals surface area contributed by atoms with Gasteiger partial charge in [-0.05, 0) is 77.7 Å². The Morgan fingerprint density at radius 2 is 2.06 bits per heavy atom. The molecule has 1 saturated heterocycles. The lowest BCUT2D eigenvalue weighted by molar-refractivity contribution is -0.149. The zero-order chi connectivity index (χ0) is 13.2. The molecule has 2 fully saturated rings. The van der Waals surface area contributed by atoms with Gasteiger partial charge in [-0.2, -0.15) is 0 Å². The highest BCUT2D eigenvalue weighted by molar-refractivity contribution is 4.94. The molecule has 0 aromatic carbocycles. The predicted octanol–water partition coefficient (Wildman–Crippen LogP) is 3.75. The van der Waals surface area contributed by atoms with Gasteiger partial charge >= 0.3 is 0 Å². The first-order valence-corrected chi connectivity index (χ1v) is 7.79. The topological polar surface area (TPSA) is 21.3 Å². The fourth-order valence-corrected chi connectivity index (χ4v) is 3.38. The van der Waals surface area contributed by atoms with Crippen LogP contribution in [0.2, 0.25) is 0 Å². The zero-order valence-electron chi connectivity index (χ0n) is 12.7. The van der Waals surface area contributed by atoms with Crippen LogP contribution in [0.25, 0.3) is 0 Å². The van der Waals surface area contributed by atoms with Crippen molar-refractivity contribution >= 4 is 0 Å². The molecule has 1 heterocycles. The summed E-state index contributed by atoms with van der Waals surface area (Å²) in [6, 6.07) is 0. The van der Waals surface area contributed by atoms with Crippen LogP contribution in [-0.2, 0) is 4.74 Å². The third-order valence-corrected chi connectivity index (χ3v) is 4.86. The van der Waals surface area contributed by atoms with Crippen LogP contribution >= 0.6 is 0 Å². The van der Waals surface area contributed by atoms with Crippen molar-refractivity contribution < 1.29 is 4.74 Å². The average molecular weight is 253 g/mol. The van der Waals surface area contributed by atoms with Crippen LogP contribution in [0, 0.1) is 11.8 Å². The lowest BCUT2D eigenvalue weighted by atomic mass is 9.69. The second kappa shape index (κ2) is 5.50. The molecule has 0 aromatic heterocycles. The average Bonchev–Trinajstić information content (AvgIpc) is 2.25. The molecule has 18 heavy (non-hydrogen) atoms. The number of rotatable bonds is 4. The molecule has 0 bridgehead atoms. The Bertz CT molecular complexity index is 265. The first-order valence-electron chi connectivity index (χ1n) is 7.79. The number of hydrogen-bond acceptors (Lipinski definition) is 2. The highest BCUT2D eigenvalue weighted by Crippen LogP contribution is 2.46. The summed E-state index contributed by atoms with van der Waals surface area (Å²) in [5, 5.41) is 3.61. The van der Waals surface area contributed by atoms with Crippen LogP contribution in [0.5, 0.6) is 0 Å². The fraction of sp³-hybridized carbons (Fsp3) is 1.00. The normalized spacial score (nSPS) is 29.0. The van der Waals surface area contributed by atoms with E-state index in [2.05, 4.69) is 33.0 Å². The third-order valence-electron chi connectivity index (χ3n) is 4.86. The van der Waals surface area contributed by atoms with Gasteiger partial charge in [0.2, 0.25) is 0 Å². The van der Waals surface area contributed by atoms with Crippen molar-refractivity contribution in [2.75, 3.05) is 13.2 Å². The van der Waals surface area contributed by atoms with Gasteiger partial charge in [0.1, 0.15) is 0 Å². The Morgan fingerprint density at radius 3 is 2.61 bits per heavy atom. The summed E-state index contributed by atoms with van der Waals surface area (Å²) >= 11 is 0. The first-order chi connectivity index (χ1) is 8.40. The van der Waals surface area contributed by atoms with E-state index in [9.17, 15) is 0 Å². The van der Waals surface area contributed by atoms with Crippen LogP contribution in [-0.4, -0.2) is 24.3 Å².